The molecule has 3 aromatic rings. The molecule has 3 rings (SSSR count). The highest BCUT2D eigenvalue weighted by molar-refractivity contribution is 5.93. The average molecular weight is 393 g/mol. The first-order valence-electron chi connectivity index (χ1n) is 8.80. The van der Waals surface area contributed by atoms with Gasteiger partial charge in [0, 0.05) is 18.3 Å². The molecule has 1 amide bonds. The van der Waals surface area contributed by atoms with Crippen LogP contribution in [-0.2, 0) is 4.79 Å². The highest BCUT2D eigenvalue weighted by Gasteiger charge is 2.12. The summed E-state index contributed by atoms with van der Waals surface area (Å²) in [4.78, 5) is 26.6. The van der Waals surface area contributed by atoms with Gasteiger partial charge in [-0.25, -0.2) is 4.98 Å². The third-order valence-electron chi connectivity index (χ3n) is 4.22. The first-order valence-corrected chi connectivity index (χ1v) is 8.80. The van der Waals surface area contributed by atoms with E-state index in [9.17, 15) is 14.9 Å². The summed E-state index contributed by atoms with van der Waals surface area (Å²) in [5, 5.41) is 13.4. The second-order valence-corrected chi connectivity index (χ2v) is 6.24. The van der Waals surface area contributed by atoms with E-state index >= 15 is 0 Å². The van der Waals surface area contributed by atoms with Crippen molar-refractivity contribution in [2.24, 2.45) is 0 Å². The molecular formula is C21H19N3O5. The monoisotopic (exact) mass is 393 g/mol. The van der Waals surface area contributed by atoms with Gasteiger partial charge in [0.15, 0.2) is 6.61 Å². The summed E-state index contributed by atoms with van der Waals surface area (Å²) >= 11 is 0. The molecule has 0 unspecified atom stereocenters. The number of ether oxygens (including phenoxy) is 2. The van der Waals surface area contributed by atoms with Crippen molar-refractivity contribution in [3.63, 3.8) is 0 Å². The Morgan fingerprint density at radius 2 is 1.86 bits per heavy atom. The third-order valence-corrected chi connectivity index (χ3v) is 4.22. The number of nitro groups is 1. The summed E-state index contributed by atoms with van der Waals surface area (Å²) in [5.41, 5.74) is 2.42. The van der Waals surface area contributed by atoms with Gasteiger partial charge in [-0.2, -0.15) is 0 Å². The molecule has 0 fully saturated rings. The van der Waals surface area contributed by atoms with Crippen LogP contribution in [0.25, 0.3) is 0 Å². The Morgan fingerprint density at radius 1 is 1.10 bits per heavy atom. The molecule has 0 radical (unpaired) electrons. The number of aryl methyl sites for hydroxylation is 1. The lowest BCUT2D eigenvalue weighted by Gasteiger charge is -2.13. The van der Waals surface area contributed by atoms with Crippen molar-refractivity contribution in [2.75, 3.05) is 11.9 Å². The van der Waals surface area contributed by atoms with Crippen LogP contribution in [0.15, 0.2) is 60.8 Å². The van der Waals surface area contributed by atoms with Crippen LogP contribution in [0.4, 0.5) is 11.4 Å². The molecule has 0 saturated carbocycles. The van der Waals surface area contributed by atoms with Gasteiger partial charge in [-0.15, -0.1) is 0 Å². The number of hydrogen-bond acceptors (Lipinski definition) is 6. The molecule has 0 bridgehead atoms. The predicted molar refractivity (Wildman–Crippen MR) is 107 cm³/mol. The zero-order valence-corrected chi connectivity index (χ0v) is 15.9. The van der Waals surface area contributed by atoms with Crippen LogP contribution in [0.5, 0.6) is 17.4 Å². The van der Waals surface area contributed by atoms with Gasteiger partial charge in [0.1, 0.15) is 17.2 Å². The van der Waals surface area contributed by atoms with Gasteiger partial charge >= 0.3 is 0 Å². The van der Waals surface area contributed by atoms with Crippen LogP contribution in [0.1, 0.15) is 11.1 Å². The van der Waals surface area contributed by atoms with Crippen LogP contribution in [0.2, 0.25) is 0 Å². The highest BCUT2D eigenvalue weighted by Crippen LogP contribution is 2.30. The van der Waals surface area contributed by atoms with Gasteiger partial charge in [-0.05, 0) is 55.3 Å². The Bertz CT molecular complexity index is 1030. The lowest BCUT2D eigenvalue weighted by molar-refractivity contribution is -0.384. The quantitative estimate of drug-likeness (QED) is 0.471. The number of carbonyl (C=O) groups excluding carboxylic acids is 1. The maximum atomic E-state index is 12.3. The van der Waals surface area contributed by atoms with Gasteiger partial charge in [-0.3, -0.25) is 14.9 Å². The van der Waals surface area contributed by atoms with Gasteiger partial charge in [0.05, 0.1) is 4.92 Å². The molecule has 0 aliphatic carbocycles. The predicted octanol–water partition coefficient (Wildman–Crippen LogP) is 4.42. The lowest BCUT2D eigenvalue weighted by atomic mass is 10.1. The zero-order chi connectivity index (χ0) is 20.8. The van der Waals surface area contributed by atoms with Crippen molar-refractivity contribution in [2.45, 2.75) is 13.8 Å². The van der Waals surface area contributed by atoms with E-state index in [1.54, 1.807) is 18.3 Å². The van der Waals surface area contributed by atoms with E-state index in [-0.39, 0.29) is 18.2 Å². The highest BCUT2D eigenvalue weighted by atomic mass is 16.6. The summed E-state index contributed by atoms with van der Waals surface area (Å²) < 4.78 is 11.3. The second kappa shape index (κ2) is 8.83. The van der Waals surface area contributed by atoms with Gasteiger partial charge in [0.25, 0.3) is 11.6 Å². The topological polar surface area (TPSA) is 104 Å². The molecule has 8 heteroatoms. The molecule has 148 valence electrons. The van der Waals surface area contributed by atoms with Gasteiger partial charge in [-0.1, -0.05) is 12.1 Å². The van der Waals surface area contributed by atoms with Crippen molar-refractivity contribution >= 4 is 17.3 Å². The lowest BCUT2D eigenvalue weighted by Crippen LogP contribution is -2.20. The Morgan fingerprint density at radius 3 is 2.59 bits per heavy atom. The number of rotatable bonds is 7. The number of nitro benzene ring substituents is 1. The Hall–Kier alpha value is -3.94. The van der Waals surface area contributed by atoms with E-state index in [1.165, 1.54) is 24.3 Å². The molecule has 1 N–H and O–H groups in total. The number of carbonyl (C=O) groups is 1. The van der Waals surface area contributed by atoms with Crippen LogP contribution >= 0.6 is 0 Å². The molecule has 0 atom stereocenters. The Kier molecular flexibility index (Phi) is 6.03. The fraction of sp³-hybridized carbons (Fsp3) is 0.143. The minimum atomic E-state index is -0.504. The summed E-state index contributed by atoms with van der Waals surface area (Å²) in [5.74, 6) is 0.858. The third kappa shape index (κ3) is 5.07. The van der Waals surface area contributed by atoms with Gasteiger partial charge < -0.3 is 14.8 Å². The first kappa shape index (κ1) is 19.8. The maximum Gasteiger partial charge on any atom is 0.269 e. The van der Waals surface area contributed by atoms with E-state index in [2.05, 4.69) is 10.3 Å². The van der Waals surface area contributed by atoms with E-state index < -0.39 is 10.8 Å². The van der Waals surface area contributed by atoms with E-state index in [1.807, 2.05) is 32.0 Å². The van der Waals surface area contributed by atoms with Crippen LogP contribution < -0.4 is 14.8 Å². The molecule has 1 heterocycles. The molecule has 0 spiro atoms. The first-order chi connectivity index (χ1) is 13.9. The molecule has 8 nitrogen and oxygen atoms in total. The van der Waals surface area contributed by atoms with Crippen molar-refractivity contribution in [3.8, 4) is 17.4 Å². The minimum Gasteiger partial charge on any atom is -0.484 e. The standard InChI is InChI=1S/C21H19N3O5/c1-14-5-3-7-19(15(14)2)29-21-18(6-4-12-22-21)23-20(25)13-28-17-10-8-16(9-11-17)24(26)27/h3-12H,13H2,1-2H3,(H,23,25). The number of benzene rings is 2. The Balaban J connectivity index is 1.65. The molecule has 0 aliphatic rings. The second-order valence-electron chi connectivity index (χ2n) is 6.24. The van der Waals surface area contributed by atoms with Crippen molar-refractivity contribution in [1.29, 1.82) is 0 Å². The molecule has 0 saturated heterocycles. The van der Waals surface area contributed by atoms with Crippen molar-refractivity contribution in [1.82, 2.24) is 4.98 Å². The number of nitrogens with zero attached hydrogens (tertiary/aromatic N) is 2. The number of aromatic nitrogens is 1. The van der Waals surface area contributed by atoms with Gasteiger partial charge in [0.2, 0.25) is 5.88 Å². The van der Waals surface area contributed by atoms with Crippen LogP contribution in [0, 0.1) is 24.0 Å². The minimum absolute atomic E-state index is 0.0506. The maximum absolute atomic E-state index is 12.3. The average Bonchev–Trinajstić information content (AvgIpc) is 2.71. The molecule has 29 heavy (non-hydrogen) atoms. The summed E-state index contributed by atoms with van der Waals surface area (Å²) in [6.07, 6.45) is 1.57. The number of nitrogens with one attached hydrogen (secondary N) is 1. The van der Waals surface area contributed by atoms with Crippen molar-refractivity contribution < 1.29 is 19.2 Å². The molecular weight excluding hydrogens is 374 g/mol. The van der Waals surface area contributed by atoms with Crippen LogP contribution in [-0.4, -0.2) is 22.4 Å². The number of non-ortho nitro benzene ring substituents is 1. The van der Waals surface area contributed by atoms with E-state index in [0.29, 0.717) is 17.2 Å². The normalized spacial score (nSPS) is 10.3. The number of anilines is 1. The fourth-order valence-electron chi connectivity index (χ4n) is 2.51. The summed E-state index contributed by atoms with van der Waals surface area (Å²) in [7, 11) is 0. The smallest absolute Gasteiger partial charge is 0.269 e. The number of amides is 1. The largest absolute Gasteiger partial charge is 0.484 e. The number of pyridine rings is 1. The summed E-state index contributed by atoms with van der Waals surface area (Å²) in [6, 6.07) is 14.6. The molecule has 2 aromatic carbocycles. The molecule has 1 aromatic heterocycles. The fourth-order valence-corrected chi connectivity index (χ4v) is 2.51. The summed E-state index contributed by atoms with van der Waals surface area (Å²) in [6.45, 7) is 3.67. The SMILES string of the molecule is Cc1cccc(Oc2ncccc2NC(=O)COc2ccc([N+](=O)[O-])cc2)c1C. The van der Waals surface area contributed by atoms with Crippen molar-refractivity contribution in [3.05, 3.63) is 82.0 Å². The molecule has 0 aliphatic heterocycles. The van der Waals surface area contributed by atoms with Crippen LogP contribution in [0.3, 0.4) is 0 Å². The Labute approximate surface area is 167 Å². The zero-order valence-electron chi connectivity index (χ0n) is 15.9. The van der Waals surface area contributed by atoms with E-state index in [4.69, 9.17) is 9.47 Å². The number of hydrogen-bond donors (Lipinski definition) is 1. The van der Waals surface area contributed by atoms with E-state index in [0.717, 1.165) is 11.1 Å².